The normalized spacial score (nSPS) is 10.5. The molecule has 0 aromatic carbocycles. The Labute approximate surface area is 63.8 Å². The quantitative estimate of drug-likeness (QED) is 0.478. The summed E-state index contributed by atoms with van der Waals surface area (Å²) in [5, 5.41) is 10.2. The Morgan fingerprint density at radius 2 is 2.36 bits per heavy atom. The summed E-state index contributed by atoms with van der Waals surface area (Å²) in [6.07, 6.45) is 2.88. The topological polar surface area (TPSA) is 61.0 Å². The van der Waals surface area contributed by atoms with Gasteiger partial charge in [0.1, 0.15) is 6.20 Å². The molecule has 0 saturated heterocycles. The van der Waals surface area contributed by atoms with E-state index in [-0.39, 0.29) is 11.9 Å². The largest absolute Gasteiger partial charge is 0.381 e. The van der Waals surface area contributed by atoms with Crippen LogP contribution in [0.3, 0.4) is 0 Å². The molecule has 5 nitrogen and oxygen atoms in total. The van der Waals surface area contributed by atoms with Crippen LogP contribution < -0.4 is 0 Å². The van der Waals surface area contributed by atoms with Gasteiger partial charge in [0.25, 0.3) is 0 Å². The Hall–Kier alpha value is -1.39. The SMILES string of the molecule is CC(C)n1cnc([N+](=O)[O-])c1. The van der Waals surface area contributed by atoms with Gasteiger partial charge in [-0.05, 0) is 23.8 Å². The molecular formula is C6H9N3O2. The highest BCUT2D eigenvalue weighted by Gasteiger charge is 2.10. The number of nitrogens with zero attached hydrogens (tertiary/aromatic N) is 3. The zero-order valence-corrected chi connectivity index (χ0v) is 6.39. The third-order valence-electron chi connectivity index (χ3n) is 1.37. The van der Waals surface area contributed by atoms with Crippen molar-refractivity contribution in [1.29, 1.82) is 0 Å². The first kappa shape index (κ1) is 7.71. The first-order valence-electron chi connectivity index (χ1n) is 3.29. The number of imidazole rings is 1. The molecule has 0 bridgehead atoms. The summed E-state index contributed by atoms with van der Waals surface area (Å²) in [5.74, 6) is -0.0984. The van der Waals surface area contributed by atoms with E-state index < -0.39 is 4.92 Å². The molecule has 0 atom stereocenters. The minimum Gasteiger partial charge on any atom is -0.358 e. The van der Waals surface area contributed by atoms with Gasteiger partial charge in [0.2, 0.25) is 6.33 Å². The molecule has 11 heavy (non-hydrogen) atoms. The van der Waals surface area contributed by atoms with Crippen molar-refractivity contribution < 1.29 is 4.92 Å². The molecule has 1 rings (SSSR count). The minimum atomic E-state index is -0.501. The lowest BCUT2D eigenvalue weighted by atomic mass is 10.4. The average molecular weight is 155 g/mol. The number of hydrogen-bond donors (Lipinski definition) is 0. The first-order valence-corrected chi connectivity index (χ1v) is 3.29. The van der Waals surface area contributed by atoms with Crippen molar-refractivity contribution in [1.82, 2.24) is 9.55 Å². The van der Waals surface area contributed by atoms with Crippen molar-refractivity contribution in [3.05, 3.63) is 22.6 Å². The van der Waals surface area contributed by atoms with E-state index in [2.05, 4.69) is 4.98 Å². The summed E-state index contributed by atoms with van der Waals surface area (Å²) in [5.41, 5.74) is 0. The Bertz CT molecular complexity index is 267. The van der Waals surface area contributed by atoms with Crippen molar-refractivity contribution in [2.75, 3.05) is 0 Å². The first-order chi connectivity index (χ1) is 5.11. The molecule has 0 N–H and O–H groups in total. The van der Waals surface area contributed by atoms with Gasteiger partial charge in [-0.2, -0.15) is 0 Å². The summed E-state index contributed by atoms with van der Waals surface area (Å²) in [4.78, 5) is 13.3. The molecule has 1 heterocycles. The molecule has 0 saturated carbocycles. The standard InChI is InChI=1S/C6H9N3O2/c1-5(2)8-3-6(7-4-8)9(10)11/h3-5H,1-2H3. The van der Waals surface area contributed by atoms with Gasteiger partial charge in [-0.25, -0.2) is 0 Å². The van der Waals surface area contributed by atoms with Gasteiger partial charge in [0, 0.05) is 6.04 Å². The summed E-state index contributed by atoms with van der Waals surface area (Å²) in [6, 6.07) is 0.219. The second-order valence-corrected chi connectivity index (χ2v) is 2.53. The number of hydrogen-bond acceptors (Lipinski definition) is 3. The number of aromatic nitrogens is 2. The predicted molar refractivity (Wildman–Crippen MR) is 39.3 cm³/mol. The van der Waals surface area contributed by atoms with Crippen molar-refractivity contribution in [3.8, 4) is 0 Å². The van der Waals surface area contributed by atoms with Crippen LogP contribution in [0.4, 0.5) is 5.82 Å². The van der Waals surface area contributed by atoms with E-state index in [0.29, 0.717) is 0 Å². The zero-order valence-electron chi connectivity index (χ0n) is 6.39. The Balaban J connectivity index is 2.90. The van der Waals surface area contributed by atoms with Crippen LogP contribution in [0.1, 0.15) is 19.9 Å². The highest BCUT2D eigenvalue weighted by molar-refractivity contribution is 5.12. The zero-order chi connectivity index (χ0) is 8.43. The van der Waals surface area contributed by atoms with E-state index in [1.807, 2.05) is 13.8 Å². The van der Waals surface area contributed by atoms with Gasteiger partial charge in [0.15, 0.2) is 0 Å². The van der Waals surface area contributed by atoms with Crippen LogP contribution in [-0.2, 0) is 0 Å². The molecule has 0 amide bonds. The van der Waals surface area contributed by atoms with E-state index in [1.54, 1.807) is 4.57 Å². The van der Waals surface area contributed by atoms with E-state index in [9.17, 15) is 10.1 Å². The monoisotopic (exact) mass is 155 g/mol. The summed E-state index contributed by atoms with van der Waals surface area (Å²) < 4.78 is 1.69. The van der Waals surface area contributed by atoms with Crippen LogP contribution in [0.5, 0.6) is 0 Å². The maximum absolute atomic E-state index is 10.2. The van der Waals surface area contributed by atoms with Gasteiger partial charge >= 0.3 is 5.82 Å². The fourth-order valence-electron chi connectivity index (χ4n) is 0.703. The van der Waals surface area contributed by atoms with Gasteiger partial charge < -0.3 is 14.7 Å². The lowest BCUT2D eigenvalue weighted by molar-refractivity contribution is -0.389. The van der Waals surface area contributed by atoms with Crippen molar-refractivity contribution in [2.24, 2.45) is 0 Å². The highest BCUT2D eigenvalue weighted by Crippen LogP contribution is 2.10. The second kappa shape index (κ2) is 2.69. The van der Waals surface area contributed by atoms with Gasteiger partial charge in [-0.3, -0.25) is 0 Å². The van der Waals surface area contributed by atoms with E-state index in [4.69, 9.17) is 0 Å². The molecule has 0 fully saturated rings. The molecular weight excluding hydrogens is 146 g/mol. The molecule has 5 heteroatoms. The molecule has 0 aliphatic carbocycles. The average Bonchev–Trinajstić information content (AvgIpc) is 2.33. The number of rotatable bonds is 2. The maximum Gasteiger partial charge on any atom is 0.381 e. The van der Waals surface area contributed by atoms with Crippen molar-refractivity contribution >= 4 is 5.82 Å². The van der Waals surface area contributed by atoms with Gasteiger partial charge in [0.05, 0.1) is 0 Å². The minimum absolute atomic E-state index is 0.0984. The smallest absolute Gasteiger partial charge is 0.358 e. The lowest BCUT2D eigenvalue weighted by Gasteiger charge is -2.00. The second-order valence-electron chi connectivity index (χ2n) is 2.53. The molecule has 60 valence electrons. The molecule has 0 aliphatic rings. The number of nitro groups is 1. The summed E-state index contributed by atoms with van der Waals surface area (Å²) in [7, 11) is 0. The van der Waals surface area contributed by atoms with Crippen LogP contribution >= 0.6 is 0 Å². The van der Waals surface area contributed by atoms with Crippen molar-refractivity contribution in [2.45, 2.75) is 19.9 Å². The molecule has 0 radical (unpaired) electrons. The Morgan fingerprint density at radius 3 is 2.64 bits per heavy atom. The van der Waals surface area contributed by atoms with E-state index in [0.717, 1.165) is 0 Å². The summed E-state index contributed by atoms with van der Waals surface area (Å²) >= 11 is 0. The van der Waals surface area contributed by atoms with Crippen LogP contribution in [0.2, 0.25) is 0 Å². The fraction of sp³-hybridized carbons (Fsp3) is 0.500. The maximum atomic E-state index is 10.2. The van der Waals surface area contributed by atoms with Gasteiger partial charge in [-0.15, -0.1) is 0 Å². The predicted octanol–water partition coefficient (Wildman–Crippen LogP) is 1.37. The summed E-state index contributed by atoms with van der Waals surface area (Å²) in [6.45, 7) is 3.87. The van der Waals surface area contributed by atoms with E-state index in [1.165, 1.54) is 12.5 Å². The fourth-order valence-corrected chi connectivity index (χ4v) is 0.703. The molecule has 0 aliphatic heterocycles. The van der Waals surface area contributed by atoms with Crippen LogP contribution in [0, 0.1) is 10.1 Å². The van der Waals surface area contributed by atoms with Crippen molar-refractivity contribution in [3.63, 3.8) is 0 Å². The Kier molecular flexibility index (Phi) is 1.89. The Morgan fingerprint density at radius 1 is 1.73 bits per heavy atom. The third-order valence-corrected chi connectivity index (χ3v) is 1.37. The molecule has 1 aromatic rings. The van der Waals surface area contributed by atoms with Crippen LogP contribution in [-0.4, -0.2) is 14.5 Å². The van der Waals surface area contributed by atoms with Gasteiger partial charge in [-0.1, -0.05) is 0 Å². The van der Waals surface area contributed by atoms with Crippen LogP contribution in [0.25, 0.3) is 0 Å². The van der Waals surface area contributed by atoms with E-state index >= 15 is 0 Å². The lowest BCUT2D eigenvalue weighted by Crippen LogP contribution is -1.95. The molecule has 0 unspecified atom stereocenters. The molecule has 0 spiro atoms. The molecule has 1 aromatic heterocycles. The van der Waals surface area contributed by atoms with Crippen LogP contribution in [0.15, 0.2) is 12.5 Å². The third kappa shape index (κ3) is 1.54. The highest BCUT2D eigenvalue weighted by atomic mass is 16.6.